The summed E-state index contributed by atoms with van der Waals surface area (Å²) in [7, 11) is 1.24. The van der Waals surface area contributed by atoms with Crippen LogP contribution in [0.25, 0.3) is 0 Å². The molecule has 0 heterocycles. The number of ether oxygens (including phenoxy) is 2. The highest BCUT2D eigenvalue weighted by molar-refractivity contribution is 5.96. The summed E-state index contributed by atoms with van der Waals surface area (Å²) in [6.45, 7) is 20.1. The molecule has 0 aliphatic rings. The van der Waals surface area contributed by atoms with Crippen molar-refractivity contribution in [3.05, 3.63) is 35.9 Å². The van der Waals surface area contributed by atoms with Crippen LogP contribution in [-0.2, 0) is 39.9 Å². The number of hydrogen-bond acceptors (Lipinski definition) is 8. The number of esters is 1. The first kappa shape index (κ1) is 44.9. The van der Waals surface area contributed by atoms with Crippen LogP contribution in [0.5, 0.6) is 0 Å². The van der Waals surface area contributed by atoms with Crippen molar-refractivity contribution in [2.24, 2.45) is 23.7 Å². The SMILES string of the molecule is COC(=O)[C@@H](Cc1ccccc1)NC(=O)[C@@H](CC(C)C)NC(=O)[C@H](NC(=O)[C@@H](CC(C)C)NC(=O)[C@@H](CC(C)C)NC(=O)OC(C)(C)C)C(C)C. The van der Waals surface area contributed by atoms with E-state index in [1.807, 2.05) is 71.9 Å². The van der Waals surface area contributed by atoms with Crippen LogP contribution in [0, 0.1) is 23.7 Å². The molecule has 0 saturated heterocycles. The summed E-state index contributed by atoms with van der Waals surface area (Å²) < 4.78 is 10.3. The van der Waals surface area contributed by atoms with Gasteiger partial charge < -0.3 is 36.1 Å². The van der Waals surface area contributed by atoms with Gasteiger partial charge in [0.05, 0.1) is 7.11 Å². The second kappa shape index (κ2) is 21.3. The molecule has 0 spiro atoms. The number of carbonyl (C=O) groups is 6. The Morgan fingerprint density at radius 3 is 1.41 bits per heavy atom. The second-order valence-corrected chi connectivity index (χ2v) is 15.7. The first-order chi connectivity index (χ1) is 23.6. The first-order valence-electron chi connectivity index (χ1n) is 18.0. The summed E-state index contributed by atoms with van der Waals surface area (Å²) in [5, 5.41) is 13.7. The Morgan fingerprint density at radius 2 is 1.00 bits per heavy atom. The maximum Gasteiger partial charge on any atom is 0.408 e. The summed E-state index contributed by atoms with van der Waals surface area (Å²) >= 11 is 0. The van der Waals surface area contributed by atoms with Crippen LogP contribution in [-0.4, -0.2) is 78.6 Å². The van der Waals surface area contributed by atoms with E-state index >= 15 is 0 Å². The van der Waals surface area contributed by atoms with Gasteiger partial charge in [-0.1, -0.05) is 85.7 Å². The van der Waals surface area contributed by atoms with Gasteiger partial charge in [0, 0.05) is 6.42 Å². The Morgan fingerprint density at radius 1 is 0.588 bits per heavy atom. The van der Waals surface area contributed by atoms with Crippen LogP contribution in [0.3, 0.4) is 0 Å². The molecule has 5 atom stereocenters. The van der Waals surface area contributed by atoms with Crippen molar-refractivity contribution in [2.45, 2.75) is 138 Å². The molecular formula is C38H63N5O8. The molecule has 13 heteroatoms. The molecule has 1 aromatic rings. The molecule has 0 aromatic heterocycles. The molecule has 0 aliphatic heterocycles. The number of amides is 5. The van der Waals surface area contributed by atoms with Gasteiger partial charge in [0.15, 0.2) is 0 Å². The Bertz CT molecular complexity index is 1290. The molecule has 5 N–H and O–H groups in total. The molecule has 13 nitrogen and oxygen atoms in total. The molecular weight excluding hydrogens is 654 g/mol. The minimum absolute atomic E-state index is 0.00227. The largest absolute Gasteiger partial charge is 0.467 e. The highest BCUT2D eigenvalue weighted by Gasteiger charge is 2.35. The smallest absolute Gasteiger partial charge is 0.408 e. The van der Waals surface area contributed by atoms with E-state index in [1.165, 1.54) is 7.11 Å². The van der Waals surface area contributed by atoms with E-state index in [0.29, 0.717) is 6.42 Å². The molecule has 1 aromatic carbocycles. The van der Waals surface area contributed by atoms with E-state index in [-0.39, 0.29) is 37.0 Å². The van der Waals surface area contributed by atoms with Gasteiger partial charge in [0.1, 0.15) is 35.8 Å². The van der Waals surface area contributed by atoms with Crippen LogP contribution < -0.4 is 26.6 Å². The van der Waals surface area contributed by atoms with Gasteiger partial charge >= 0.3 is 12.1 Å². The van der Waals surface area contributed by atoms with Crippen molar-refractivity contribution < 1.29 is 38.2 Å². The number of methoxy groups -OCH3 is 1. The lowest BCUT2D eigenvalue weighted by atomic mass is 9.97. The monoisotopic (exact) mass is 717 g/mol. The number of rotatable bonds is 19. The van der Waals surface area contributed by atoms with Gasteiger partial charge in [-0.15, -0.1) is 0 Å². The summed E-state index contributed by atoms with van der Waals surface area (Å²) in [5.74, 6) is -3.26. The predicted molar refractivity (Wildman–Crippen MR) is 196 cm³/mol. The molecule has 0 fully saturated rings. The molecule has 51 heavy (non-hydrogen) atoms. The summed E-state index contributed by atoms with van der Waals surface area (Å²) in [4.78, 5) is 79.8. The minimum Gasteiger partial charge on any atom is -0.467 e. The van der Waals surface area contributed by atoms with E-state index in [1.54, 1.807) is 34.6 Å². The van der Waals surface area contributed by atoms with Gasteiger partial charge in [-0.3, -0.25) is 19.2 Å². The minimum atomic E-state index is -1.06. The lowest BCUT2D eigenvalue weighted by Crippen LogP contribution is -2.60. The first-order valence-corrected chi connectivity index (χ1v) is 18.0. The Labute approximate surface area is 304 Å². The molecule has 0 unspecified atom stereocenters. The molecule has 0 bridgehead atoms. The summed E-state index contributed by atoms with van der Waals surface area (Å²) in [6, 6.07) is 4.14. The van der Waals surface area contributed by atoms with Crippen molar-refractivity contribution in [1.82, 2.24) is 26.6 Å². The lowest BCUT2D eigenvalue weighted by Gasteiger charge is -2.30. The second-order valence-electron chi connectivity index (χ2n) is 15.7. The van der Waals surface area contributed by atoms with Gasteiger partial charge in [0.2, 0.25) is 23.6 Å². The zero-order valence-electron chi connectivity index (χ0n) is 32.7. The van der Waals surface area contributed by atoms with Crippen LogP contribution >= 0.6 is 0 Å². The third kappa shape index (κ3) is 17.6. The van der Waals surface area contributed by atoms with Crippen molar-refractivity contribution in [1.29, 1.82) is 0 Å². The quantitative estimate of drug-likeness (QED) is 0.133. The summed E-state index contributed by atoms with van der Waals surface area (Å²) in [5.41, 5.74) is 0.0506. The molecule has 0 radical (unpaired) electrons. The summed E-state index contributed by atoms with van der Waals surface area (Å²) in [6.07, 6.45) is 0.283. The highest BCUT2D eigenvalue weighted by atomic mass is 16.6. The predicted octanol–water partition coefficient (Wildman–Crippen LogP) is 4.03. The van der Waals surface area contributed by atoms with Gasteiger partial charge in [0.25, 0.3) is 0 Å². The van der Waals surface area contributed by atoms with Crippen molar-refractivity contribution in [2.75, 3.05) is 7.11 Å². The van der Waals surface area contributed by atoms with Gasteiger partial charge in [-0.05, 0) is 69.3 Å². The van der Waals surface area contributed by atoms with Crippen molar-refractivity contribution in [3.8, 4) is 0 Å². The third-order valence-electron chi connectivity index (χ3n) is 7.73. The van der Waals surface area contributed by atoms with Crippen molar-refractivity contribution >= 4 is 35.7 Å². The topological polar surface area (TPSA) is 181 Å². The number of alkyl carbamates (subject to hydrolysis) is 1. The Balaban J connectivity index is 3.21. The highest BCUT2D eigenvalue weighted by Crippen LogP contribution is 2.14. The lowest BCUT2D eigenvalue weighted by molar-refractivity contribution is -0.145. The van der Waals surface area contributed by atoms with Crippen LogP contribution in [0.1, 0.15) is 101 Å². The fraction of sp³-hybridized carbons (Fsp3) is 0.684. The number of nitrogens with one attached hydrogen (secondary N) is 5. The van der Waals surface area contributed by atoms with E-state index in [9.17, 15) is 28.8 Å². The average molecular weight is 718 g/mol. The molecule has 5 amide bonds. The maximum atomic E-state index is 13.8. The van der Waals surface area contributed by atoms with Crippen LogP contribution in [0.4, 0.5) is 4.79 Å². The third-order valence-corrected chi connectivity index (χ3v) is 7.73. The zero-order chi connectivity index (χ0) is 39.1. The zero-order valence-corrected chi connectivity index (χ0v) is 32.7. The fourth-order valence-electron chi connectivity index (χ4n) is 5.34. The van der Waals surface area contributed by atoms with Crippen LogP contribution in [0.15, 0.2) is 30.3 Å². The van der Waals surface area contributed by atoms with E-state index in [0.717, 1.165) is 5.56 Å². The number of hydrogen-bond donors (Lipinski definition) is 5. The Kier molecular flexibility index (Phi) is 18.7. The Hall–Kier alpha value is -4.16. The number of carbonyl (C=O) groups excluding carboxylic acids is 6. The molecule has 1 rings (SSSR count). The molecule has 288 valence electrons. The van der Waals surface area contributed by atoms with E-state index in [4.69, 9.17) is 9.47 Å². The normalized spacial score (nSPS) is 14.6. The average Bonchev–Trinajstić information content (AvgIpc) is 3.00. The fourth-order valence-corrected chi connectivity index (χ4v) is 5.34. The van der Waals surface area contributed by atoms with Gasteiger partial charge in [-0.25, -0.2) is 9.59 Å². The van der Waals surface area contributed by atoms with Crippen LogP contribution in [0.2, 0.25) is 0 Å². The van der Waals surface area contributed by atoms with E-state index < -0.39 is 77.4 Å². The van der Waals surface area contributed by atoms with E-state index in [2.05, 4.69) is 26.6 Å². The molecule has 0 saturated carbocycles. The van der Waals surface area contributed by atoms with Crippen molar-refractivity contribution in [3.63, 3.8) is 0 Å². The van der Waals surface area contributed by atoms with Gasteiger partial charge in [-0.2, -0.15) is 0 Å². The maximum absolute atomic E-state index is 13.8. The standard InChI is InChI=1S/C38H63N5O8/c1-22(2)18-27(32(44)41-30(36(48)50-12)21-26-16-14-13-15-17-26)40-35(47)31(25(7)8)43-34(46)28(19-23(3)4)39-33(45)29(20-24(5)6)42-37(49)51-38(9,10)11/h13-17,22-25,27-31H,18-21H2,1-12H3,(H,39,45)(H,40,47)(H,41,44)(H,42,49)(H,43,46)/t27-,28-,29-,30-,31-/m1/s1. The number of benzene rings is 1. The molecule has 0 aliphatic carbocycles.